The molecule has 0 saturated heterocycles. The average Bonchev–Trinajstić information content (AvgIpc) is 3.32. The van der Waals surface area contributed by atoms with Crippen LogP contribution in [0.3, 0.4) is 0 Å². The second-order valence-electron chi connectivity index (χ2n) is 9.18. The molecular formula is C25H24F4N4O5S. The number of benzene rings is 1. The third-order valence-corrected chi connectivity index (χ3v) is 7.44. The van der Waals surface area contributed by atoms with Crippen LogP contribution in [0.15, 0.2) is 30.5 Å². The van der Waals surface area contributed by atoms with E-state index >= 15 is 0 Å². The van der Waals surface area contributed by atoms with Gasteiger partial charge in [-0.1, -0.05) is 0 Å². The summed E-state index contributed by atoms with van der Waals surface area (Å²) in [6.07, 6.45) is -1.38. The maximum atomic E-state index is 14.4. The number of methoxy groups -OCH3 is 1. The second kappa shape index (κ2) is 12.1. The van der Waals surface area contributed by atoms with Gasteiger partial charge in [-0.15, -0.1) is 34.7 Å². The van der Waals surface area contributed by atoms with Crippen molar-refractivity contribution < 1.29 is 41.7 Å². The standard InChI is InChI=1S/C25H24F4N4O5S/c1-37-23(17-10-16(6-7-18(17)26)38-25(27,28)29)20(34)11-22-33-32-21(39-22)8-13-2-4-14(5-3-13)19-9-15(24(35)36)12-30-31-19/h6-7,9-10,12-14,23H,2-5,8,11H2,1H3,(H,35,36)/t13?,14?,23-/m0/s1. The SMILES string of the molecule is CO[C@H](C(=O)Cc1nnc(CC2CCC(c3cc(C(=O)O)cnn3)CC2)s1)c1cc(OC(F)(F)F)ccc1F. The summed E-state index contributed by atoms with van der Waals surface area (Å²) in [6, 6.07) is 3.95. The molecule has 2 heterocycles. The maximum absolute atomic E-state index is 14.4. The normalized spacial score (nSPS) is 18.5. The predicted molar refractivity (Wildman–Crippen MR) is 129 cm³/mol. The monoisotopic (exact) mass is 568 g/mol. The Labute approximate surface area is 224 Å². The summed E-state index contributed by atoms with van der Waals surface area (Å²) in [6.45, 7) is 0. The zero-order valence-electron chi connectivity index (χ0n) is 20.7. The quantitative estimate of drug-likeness (QED) is 0.334. The highest BCUT2D eigenvalue weighted by Crippen LogP contribution is 2.37. The van der Waals surface area contributed by atoms with Gasteiger partial charge in [0.15, 0.2) is 5.78 Å². The number of ketones is 1. The lowest BCUT2D eigenvalue weighted by atomic mass is 9.79. The highest BCUT2D eigenvalue weighted by molar-refractivity contribution is 7.11. The van der Waals surface area contributed by atoms with Crippen LogP contribution in [0.5, 0.6) is 5.75 Å². The molecule has 1 saturated carbocycles. The van der Waals surface area contributed by atoms with Crippen molar-refractivity contribution in [2.24, 2.45) is 5.92 Å². The molecule has 1 N–H and O–H groups in total. The van der Waals surface area contributed by atoms with E-state index in [-0.39, 0.29) is 23.5 Å². The van der Waals surface area contributed by atoms with Crippen molar-refractivity contribution in [1.82, 2.24) is 20.4 Å². The zero-order chi connectivity index (χ0) is 28.2. The number of hydrogen-bond acceptors (Lipinski definition) is 9. The van der Waals surface area contributed by atoms with E-state index in [9.17, 15) is 27.2 Å². The number of halogens is 4. The fraction of sp³-hybridized carbons (Fsp3) is 0.440. The Kier molecular flexibility index (Phi) is 8.85. The van der Waals surface area contributed by atoms with Gasteiger partial charge in [-0.05, 0) is 55.9 Å². The van der Waals surface area contributed by atoms with Crippen molar-refractivity contribution in [2.75, 3.05) is 7.11 Å². The van der Waals surface area contributed by atoms with Crippen LogP contribution < -0.4 is 4.74 Å². The first-order valence-electron chi connectivity index (χ1n) is 12.0. The number of aromatic nitrogens is 4. The van der Waals surface area contributed by atoms with E-state index in [4.69, 9.17) is 9.84 Å². The Morgan fingerprint density at radius 2 is 1.82 bits per heavy atom. The van der Waals surface area contributed by atoms with Gasteiger partial charge in [-0.25, -0.2) is 9.18 Å². The van der Waals surface area contributed by atoms with Gasteiger partial charge in [0, 0.05) is 25.0 Å². The molecule has 2 aromatic heterocycles. The summed E-state index contributed by atoms with van der Waals surface area (Å²) in [5.74, 6) is -2.75. The fourth-order valence-electron chi connectivity index (χ4n) is 4.64. The van der Waals surface area contributed by atoms with Crippen LogP contribution in [-0.2, 0) is 22.4 Å². The van der Waals surface area contributed by atoms with Crippen molar-refractivity contribution in [1.29, 1.82) is 0 Å². The van der Waals surface area contributed by atoms with E-state index in [1.165, 1.54) is 17.5 Å². The van der Waals surface area contributed by atoms with Gasteiger partial charge >= 0.3 is 12.3 Å². The molecule has 1 aromatic carbocycles. The van der Waals surface area contributed by atoms with Crippen molar-refractivity contribution in [3.8, 4) is 5.75 Å². The van der Waals surface area contributed by atoms with Crippen LogP contribution in [0.25, 0.3) is 0 Å². The lowest BCUT2D eigenvalue weighted by molar-refractivity contribution is -0.274. The number of rotatable bonds is 10. The number of alkyl halides is 3. The van der Waals surface area contributed by atoms with Gasteiger partial charge in [0.2, 0.25) is 0 Å². The molecule has 9 nitrogen and oxygen atoms in total. The average molecular weight is 569 g/mol. The van der Waals surface area contributed by atoms with E-state index in [0.717, 1.165) is 56.0 Å². The summed E-state index contributed by atoms with van der Waals surface area (Å²) < 4.78 is 61.0. The Hall–Kier alpha value is -3.52. The van der Waals surface area contributed by atoms with Crippen LogP contribution in [0.1, 0.15) is 69.3 Å². The largest absolute Gasteiger partial charge is 0.573 e. The van der Waals surface area contributed by atoms with E-state index in [2.05, 4.69) is 25.1 Å². The van der Waals surface area contributed by atoms with Gasteiger partial charge in [-0.2, -0.15) is 10.2 Å². The Morgan fingerprint density at radius 1 is 1.10 bits per heavy atom. The fourth-order valence-corrected chi connectivity index (χ4v) is 5.61. The first-order valence-corrected chi connectivity index (χ1v) is 12.8. The third kappa shape index (κ3) is 7.53. The summed E-state index contributed by atoms with van der Waals surface area (Å²) in [5.41, 5.74) is 0.410. The van der Waals surface area contributed by atoms with Crippen molar-refractivity contribution in [2.45, 2.75) is 56.9 Å². The molecule has 208 valence electrons. The van der Waals surface area contributed by atoms with E-state index in [0.29, 0.717) is 23.0 Å². The van der Waals surface area contributed by atoms with Crippen LogP contribution in [0.4, 0.5) is 17.6 Å². The summed E-state index contributed by atoms with van der Waals surface area (Å²) in [7, 11) is 1.16. The van der Waals surface area contributed by atoms with Gasteiger partial charge in [-0.3, -0.25) is 4.79 Å². The molecule has 0 amide bonds. The highest BCUT2D eigenvalue weighted by Gasteiger charge is 2.33. The van der Waals surface area contributed by atoms with Crippen molar-refractivity contribution in [3.05, 3.63) is 63.1 Å². The number of carbonyl (C=O) groups excluding carboxylic acids is 1. The van der Waals surface area contributed by atoms with Crippen LogP contribution in [0.2, 0.25) is 0 Å². The molecule has 3 aromatic rings. The molecule has 0 spiro atoms. The number of ether oxygens (including phenoxy) is 2. The third-order valence-electron chi connectivity index (χ3n) is 6.49. The molecule has 14 heteroatoms. The number of nitrogens with zero attached hydrogens (tertiary/aromatic N) is 4. The molecule has 0 bridgehead atoms. The molecular weight excluding hydrogens is 544 g/mol. The zero-order valence-corrected chi connectivity index (χ0v) is 21.5. The smallest absolute Gasteiger partial charge is 0.478 e. The molecule has 4 rings (SSSR count). The van der Waals surface area contributed by atoms with Crippen molar-refractivity contribution >= 4 is 23.1 Å². The van der Waals surface area contributed by atoms with Crippen LogP contribution >= 0.6 is 11.3 Å². The van der Waals surface area contributed by atoms with E-state index in [1.54, 1.807) is 6.07 Å². The van der Waals surface area contributed by atoms with Crippen LogP contribution in [0, 0.1) is 11.7 Å². The second-order valence-corrected chi connectivity index (χ2v) is 10.3. The van der Waals surface area contributed by atoms with E-state index in [1.807, 2.05) is 0 Å². The first-order chi connectivity index (χ1) is 18.5. The number of carbonyl (C=O) groups is 2. The molecule has 1 aliphatic carbocycles. The van der Waals surface area contributed by atoms with Gasteiger partial charge in [0.05, 0.1) is 23.9 Å². The highest BCUT2D eigenvalue weighted by atomic mass is 32.1. The minimum atomic E-state index is -4.97. The summed E-state index contributed by atoms with van der Waals surface area (Å²) in [5, 5.41) is 26.4. The maximum Gasteiger partial charge on any atom is 0.573 e. The Morgan fingerprint density at radius 3 is 2.49 bits per heavy atom. The molecule has 1 aliphatic rings. The van der Waals surface area contributed by atoms with Gasteiger partial charge in [0.25, 0.3) is 0 Å². The molecule has 1 atom stereocenters. The minimum absolute atomic E-state index is 0.110. The number of Topliss-reactive ketones (excluding diaryl/α,β-unsaturated/α-hetero) is 1. The van der Waals surface area contributed by atoms with Gasteiger partial charge < -0.3 is 14.6 Å². The Bertz CT molecular complexity index is 1330. The summed E-state index contributed by atoms with van der Waals surface area (Å²) in [4.78, 5) is 24.1. The summed E-state index contributed by atoms with van der Waals surface area (Å²) >= 11 is 1.24. The van der Waals surface area contributed by atoms with Crippen LogP contribution in [-0.4, -0.2) is 50.7 Å². The first kappa shape index (κ1) is 28.5. The lowest BCUT2D eigenvalue weighted by Crippen LogP contribution is -2.20. The lowest BCUT2D eigenvalue weighted by Gasteiger charge is -2.27. The predicted octanol–water partition coefficient (Wildman–Crippen LogP) is 5.08. The molecule has 0 unspecified atom stereocenters. The number of carboxylic acid groups (broad SMARTS) is 1. The number of hydrogen-bond donors (Lipinski definition) is 1. The molecule has 1 fully saturated rings. The molecule has 0 aliphatic heterocycles. The molecule has 0 radical (unpaired) electrons. The van der Waals surface area contributed by atoms with Gasteiger partial charge in [0.1, 0.15) is 27.7 Å². The minimum Gasteiger partial charge on any atom is -0.478 e. The number of carboxylic acids is 1. The van der Waals surface area contributed by atoms with Crippen molar-refractivity contribution in [3.63, 3.8) is 0 Å². The number of aromatic carboxylic acids is 1. The topological polar surface area (TPSA) is 124 Å². The Balaban J connectivity index is 1.34. The van der Waals surface area contributed by atoms with E-state index < -0.39 is 35.8 Å². The molecule has 39 heavy (non-hydrogen) atoms.